The van der Waals surface area contributed by atoms with Crippen molar-refractivity contribution in [2.45, 2.75) is 13.5 Å². The van der Waals surface area contributed by atoms with Crippen molar-refractivity contribution in [2.24, 2.45) is 0 Å². The van der Waals surface area contributed by atoms with Crippen molar-refractivity contribution in [2.75, 3.05) is 13.6 Å². The molecule has 0 spiro atoms. The van der Waals surface area contributed by atoms with Crippen molar-refractivity contribution in [3.63, 3.8) is 0 Å². The zero-order valence-corrected chi connectivity index (χ0v) is 11.4. The van der Waals surface area contributed by atoms with Gasteiger partial charge in [0.25, 0.3) is 0 Å². The van der Waals surface area contributed by atoms with Gasteiger partial charge >= 0.3 is 0 Å². The molecular weight excluding hydrogens is 272 g/mol. The Morgan fingerprint density at radius 2 is 2.27 bits per heavy atom. The van der Waals surface area contributed by atoms with Crippen LogP contribution in [0.4, 0.5) is 0 Å². The molecule has 0 aliphatic carbocycles. The normalized spacial score (nSPS) is 9.80. The second-order valence-corrected chi connectivity index (χ2v) is 4.62. The smallest absolute Gasteiger partial charge is 0.168 e. The fourth-order valence-corrected chi connectivity index (χ4v) is 1.92. The van der Waals surface area contributed by atoms with Crippen molar-refractivity contribution in [1.82, 2.24) is 10.2 Å². The predicted molar refractivity (Wildman–Crippen MR) is 71.9 cm³/mol. The number of halogens is 1. The number of rotatable bonds is 3. The summed E-state index contributed by atoms with van der Waals surface area (Å²) in [5.41, 5.74) is 1.24. The predicted octanol–water partition coefficient (Wildman–Crippen LogP) is 2.78. The molecule has 1 aromatic carbocycles. The highest BCUT2D eigenvalue weighted by molar-refractivity contribution is 9.10. The third-order valence-electron chi connectivity index (χ3n) is 1.98. The minimum absolute atomic E-state index is 0.789. The van der Waals surface area contributed by atoms with Crippen LogP contribution in [0.3, 0.4) is 0 Å². The first-order valence-electron chi connectivity index (χ1n) is 4.87. The lowest BCUT2D eigenvalue weighted by Crippen LogP contribution is -2.36. The average Bonchev–Trinajstić information content (AvgIpc) is 2.18. The summed E-state index contributed by atoms with van der Waals surface area (Å²) in [7, 11) is 1.99. The van der Waals surface area contributed by atoms with Crippen LogP contribution in [-0.2, 0) is 6.54 Å². The van der Waals surface area contributed by atoms with Gasteiger partial charge < -0.3 is 10.2 Å². The van der Waals surface area contributed by atoms with Crippen molar-refractivity contribution in [3.8, 4) is 0 Å². The molecule has 1 rings (SSSR count). The van der Waals surface area contributed by atoms with Crippen LogP contribution in [0, 0.1) is 0 Å². The molecule has 0 amide bonds. The van der Waals surface area contributed by atoms with Gasteiger partial charge in [-0.1, -0.05) is 28.1 Å². The van der Waals surface area contributed by atoms with E-state index in [-0.39, 0.29) is 0 Å². The molecular formula is C11H15BrN2S. The van der Waals surface area contributed by atoms with Crippen LogP contribution >= 0.6 is 28.1 Å². The molecule has 0 aliphatic rings. The van der Waals surface area contributed by atoms with Crippen LogP contribution in [0.1, 0.15) is 12.5 Å². The standard InChI is InChI=1S/C11H15BrN2S/c1-3-13-11(15)14(2)8-9-5-4-6-10(12)7-9/h4-7H,3,8H2,1-2H3,(H,13,15). The molecule has 0 bridgehead atoms. The van der Waals surface area contributed by atoms with Crippen molar-refractivity contribution in [1.29, 1.82) is 0 Å². The first kappa shape index (κ1) is 12.5. The van der Waals surface area contributed by atoms with Crippen LogP contribution in [0.15, 0.2) is 28.7 Å². The van der Waals surface area contributed by atoms with Crippen molar-refractivity contribution >= 4 is 33.3 Å². The summed E-state index contributed by atoms with van der Waals surface area (Å²) >= 11 is 8.66. The molecule has 0 fully saturated rings. The second kappa shape index (κ2) is 6.08. The molecule has 0 saturated heterocycles. The number of benzene rings is 1. The maximum absolute atomic E-state index is 5.21. The minimum Gasteiger partial charge on any atom is -0.363 e. The Balaban J connectivity index is 2.58. The number of nitrogens with zero attached hydrogens (tertiary/aromatic N) is 1. The van der Waals surface area contributed by atoms with Crippen LogP contribution in [0.25, 0.3) is 0 Å². The highest BCUT2D eigenvalue weighted by Crippen LogP contribution is 2.12. The van der Waals surface area contributed by atoms with Crippen LogP contribution in [-0.4, -0.2) is 23.6 Å². The van der Waals surface area contributed by atoms with E-state index in [9.17, 15) is 0 Å². The molecule has 4 heteroatoms. The molecule has 1 aromatic rings. The molecule has 15 heavy (non-hydrogen) atoms. The number of nitrogens with one attached hydrogen (secondary N) is 1. The Morgan fingerprint density at radius 1 is 1.53 bits per heavy atom. The van der Waals surface area contributed by atoms with Gasteiger partial charge in [0, 0.05) is 24.6 Å². The third kappa shape index (κ3) is 4.18. The molecule has 82 valence electrons. The van der Waals surface area contributed by atoms with E-state index in [0.29, 0.717) is 0 Å². The summed E-state index contributed by atoms with van der Waals surface area (Å²) in [6.45, 7) is 3.73. The van der Waals surface area contributed by atoms with Crippen molar-refractivity contribution in [3.05, 3.63) is 34.3 Å². The molecule has 0 radical (unpaired) electrons. The van der Waals surface area contributed by atoms with Gasteiger partial charge in [0.1, 0.15) is 0 Å². The van der Waals surface area contributed by atoms with Gasteiger partial charge in [-0.3, -0.25) is 0 Å². The minimum atomic E-state index is 0.789. The topological polar surface area (TPSA) is 15.3 Å². The second-order valence-electron chi connectivity index (χ2n) is 3.32. The van der Waals surface area contributed by atoms with E-state index >= 15 is 0 Å². The summed E-state index contributed by atoms with van der Waals surface area (Å²) in [5, 5.41) is 3.92. The SMILES string of the molecule is CCNC(=S)N(C)Cc1cccc(Br)c1. The van der Waals surface area contributed by atoms with Crippen LogP contribution < -0.4 is 5.32 Å². The van der Waals surface area contributed by atoms with Gasteiger partial charge in [-0.2, -0.15) is 0 Å². The van der Waals surface area contributed by atoms with E-state index in [1.165, 1.54) is 5.56 Å². The highest BCUT2D eigenvalue weighted by Gasteiger charge is 2.03. The van der Waals surface area contributed by atoms with E-state index in [4.69, 9.17) is 12.2 Å². The quantitative estimate of drug-likeness (QED) is 0.861. The summed E-state index contributed by atoms with van der Waals surface area (Å²) in [6, 6.07) is 8.25. The van der Waals surface area contributed by atoms with E-state index in [1.807, 2.05) is 31.0 Å². The maximum atomic E-state index is 5.21. The van der Waals surface area contributed by atoms with E-state index in [2.05, 4.69) is 33.4 Å². The lowest BCUT2D eigenvalue weighted by molar-refractivity contribution is 0.491. The first-order chi connectivity index (χ1) is 7.13. The van der Waals surface area contributed by atoms with Gasteiger partial charge in [-0.15, -0.1) is 0 Å². The van der Waals surface area contributed by atoms with Gasteiger partial charge in [-0.25, -0.2) is 0 Å². The lowest BCUT2D eigenvalue weighted by atomic mass is 10.2. The fourth-order valence-electron chi connectivity index (χ4n) is 1.27. The zero-order chi connectivity index (χ0) is 11.3. The Morgan fingerprint density at radius 3 is 2.87 bits per heavy atom. The molecule has 0 saturated carbocycles. The first-order valence-corrected chi connectivity index (χ1v) is 6.07. The van der Waals surface area contributed by atoms with E-state index in [0.717, 1.165) is 22.7 Å². The van der Waals surface area contributed by atoms with E-state index in [1.54, 1.807) is 0 Å². The van der Waals surface area contributed by atoms with Crippen LogP contribution in [0.2, 0.25) is 0 Å². The Hall–Kier alpha value is -0.610. The Labute approximate surface area is 105 Å². The van der Waals surface area contributed by atoms with Gasteiger partial charge in [0.2, 0.25) is 0 Å². The molecule has 0 aliphatic heterocycles. The monoisotopic (exact) mass is 286 g/mol. The van der Waals surface area contributed by atoms with Gasteiger partial charge in [0.15, 0.2) is 5.11 Å². The Bertz CT molecular complexity index is 341. The average molecular weight is 287 g/mol. The summed E-state index contributed by atoms with van der Waals surface area (Å²) in [6.07, 6.45) is 0. The zero-order valence-electron chi connectivity index (χ0n) is 8.96. The molecule has 0 unspecified atom stereocenters. The lowest BCUT2D eigenvalue weighted by Gasteiger charge is -2.20. The third-order valence-corrected chi connectivity index (χ3v) is 2.93. The van der Waals surface area contributed by atoms with E-state index < -0.39 is 0 Å². The summed E-state index contributed by atoms with van der Waals surface area (Å²) in [4.78, 5) is 2.03. The molecule has 2 nitrogen and oxygen atoms in total. The summed E-state index contributed by atoms with van der Waals surface area (Å²) in [5.74, 6) is 0. The highest BCUT2D eigenvalue weighted by atomic mass is 79.9. The Kier molecular flexibility index (Phi) is 5.05. The molecule has 0 heterocycles. The molecule has 1 N–H and O–H groups in total. The molecule has 0 atom stereocenters. The summed E-state index contributed by atoms with van der Waals surface area (Å²) < 4.78 is 1.10. The number of thiocarbonyl (C=S) groups is 1. The van der Waals surface area contributed by atoms with Crippen molar-refractivity contribution < 1.29 is 0 Å². The number of hydrogen-bond acceptors (Lipinski definition) is 1. The van der Waals surface area contributed by atoms with Crippen LogP contribution in [0.5, 0.6) is 0 Å². The fraction of sp³-hybridized carbons (Fsp3) is 0.364. The number of hydrogen-bond donors (Lipinski definition) is 1. The molecule has 0 aromatic heterocycles. The van der Waals surface area contributed by atoms with Gasteiger partial charge in [-0.05, 0) is 36.8 Å². The van der Waals surface area contributed by atoms with Gasteiger partial charge in [0.05, 0.1) is 0 Å². The maximum Gasteiger partial charge on any atom is 0.168 e. The largest absolute Gasteiger partial charge is 0.363 e.